The van der Waals surface area contributed by atoms with E-state index in [1.54, 1.807) is 14.2 Å². The van der Waals surface area contributed by atoms with Gasteiger partial charge in [0.1, 0.15) is 79.5 Å². The average molecular weight is 1020 g/mol. The van der Waals surface area contributed by atoms with Crippen LogP contribution < -0.4 is 5.11 Å². The minimum Gasteiger partial charge on any atom is -2.00 e. The summed E-state index contributed by atoms with van der Waals surface area (Å²) in [6.07, 6.45) is -17.3. The number of methoxy groups -OCH3 is 2. The number of Topliss-reactive ketones (excluding diaryl/α,β-unsaturated/α-hetero) is 2. The maximum Gasteiger partial charge on any atom is 0.302 e. The van der Waals surface area contributed by atoms with Gasteiger partial charge < -0.3 is 130 Å². The summed E-state index contributed by atoms with van der Waals surface area (Å²) >= 11 is 0. The summed E-state index contributed by atoms with van der Waals surface area (Å²) in [6.45, 7) is 3.37. The zero-order valence-corrected chi connectivity index (χ0v) is 39.3. The van der Waals surface area contributed by atoms with Crippen LogP contribution in [0.2, 0.25) is 0 Å². The molecule has 6 heterocycles. The Hall–Kier alpha value is -2.19. The van der Waals surface area contributed by atoms with Crippen LogP contribution in [0.15, 0.2) is 0 Å². The number of ketones is 2. The number of fused-ring (bicyclic) bond motifs is 1. The van der Waals surface area contributed by atoms with Crippen molar-refractivity contribution in [2.75, 3.05) is 74.2 Å². The van der Waals surface area contributed by atoms with E-state index in [1.807, 2.05) is 0 Å². The van der Waals surface area contributed by atoms with E-state index < -0.39 is 122 Å². The lowest BCUT2D eigenvalue weighted by atomic mass is 9.94. The number of hydrogen-bond acceptors (Lipinski definition) is 26. The Morgan fingerprint density at radius 1 is 0.710 bits per heavy atom. The maximum atomic E-state index is 12.1. The van der Waals surface area contributed by atoms with Gasteiger partial charge in [0.25, 0.3) is 0 Å². The van der Waals surface area contributed by atoms with E-state index >= 15 is 0 Å². The van der Waals surface area contributed by atoms with Crippen LogP contribution in [0.1, 0.15) is 46.5 Å². The maximum absolute atomic E-state index is 12.1. The van der Waals surface area contributed by atoms with Crippen molar-refractivity contribution in [3.63, 3.8) is 0 Å². The highest BCUT2D eigenvalue weighted by molar-refractivity contribution is 5.84. The lowest BCUT2D eigenvalue weighted by molar-refractivity contribution is -0.393. The van der Waals surface area contributed by atoms with Crippen LogP contribution >= 0.6 is 0 Å². The molecule has 69 heavy (non-hydrogen) atoms. The molecule has 6 fully saturated rings. The molecule has 0 aliphatic carbocycles. The Bertz CT molecular complexity index is 1390. The van der Waals surface area contributed by atoms with E-state index in [0.717, 1.165) is 12.8 Å². The van der Waals surface area contributed by atoms with Crippen LogP contribution in [-0.2, 0) is 72.0 Å². The fourth-order valence-electron chi connectivity index (χ4n) is 6.80. The average Bonchev–Trinajstić information content (AvgIpc) is 3.29. The second-order valence-corrected chi connectivity index (χ2v) is 16.1. The van der Waals surface area contributed by atoms with Gasteiger partial charge in [0.15, 0.2) is 18.4 Å². The first kappa shape index (κ1) is 68.9. The molecule has 6 aliphatic rings. The molecule has 0 saturated carbocycles. The summed E-state index contributed by atoms with van der Waals surface area (Å²) in [7, 11) is 4.42. The van der Waals surface area contributed by atoms with Gasteiger partial charge >= 0.3 is 5.97 Å². The number of carbonyl (C=O) groups is 3. The Balaban J connectivity index is 0. The Labute approximate surface area is 398 Å². The molecular formula is C40H75O29-3. The summed E-state index contributed by atoms with van der Waals surface area (Å²) in [5.41, 5.74) is 0. The lowest BCUT2D eigenvalue weighted by Crippen LogP contribution is -2.68. The predicted octanol–water partition coefficient (Wildman–Crippen LogP) is -8.88. The SMILES string of the molecule is CC(=O)OCC1OCC[C@H](O)[C@@H]1O.COC.CO[C@@H]1OC(C(=O)C[O-])[C@H](O[C@@H]2OC3COC(C)(C(C)=O)O[C@H]3[C@@H](O)C2O)[C@@H](O)C1O.O.O.OCC1CCC(O)CO1.OCC1C[C@@H](O)C(O)CO1.[O-2]. The fraction of sp³-hybridized carbons (Fsp3) is 0.925. The van der Waals surface area contributed by atoms with Gasteiger partial charge in [0.2, 0.25) is 5.79 Å². The van der Waals surface area contributed by atoms with Crippen molar-refractivity contribution in [1.29, 1.82) is 0 Å². The van der Waals surface area contributed by atoms with Crippen molar-refractivity contribution in [3.8, 4) is 0 Å². The molecule has 0 amide bonds. The number of rotatable bonds is 10. The predicted molar refractivity (Wildman–Crippen MR) is 222 cm³/mol. The van der Waals surface area contributed by atoms with E-state index in [9.17, 15) is 50.1 Å². The number of carbonyl (C=O) groups excluding carboxylic acids is 3. The zero-order chi connectivity index (χ0) is 49.9. The van der Waals surface area contributed by atoms with Crippen molar-refractivity contribution in [1.82, 2.24) is 0 Å². The molecule has 29 nitrogen and oxygen atoms in total. The van der Waals surface area contributed by atoms with Crippen molar-refractivity contribution in [2.24, 2.45) is 0 Å². The topological polar surface area (TPSA) is 490 Å². The van der Waals surface area contributed by atoms with Gasteiger partial charge in [-0.3, -0.25) is 14.4 Å². The third-order valence-electron chi connectivity index (χ3n) is 10.9. The molecule has 0 bridgehead atoms. The van der Waals surface area contributed by atoms with Crippen LogP contribution in [0.4, 0.5) is 0 Å². The lowest BCUT2D eigenvalue weighted by Gasteiger charge is -2.50. The second-order valence-electron chi connectivity index (χ2n) is 16.1. The smallest absolute Gasteiger partial charge is 0.302 e. The molecule has 19 atom stereocenters. The normalized spacial score (nSPS) is 39.2. The van der Waals surface area contributed by atoms with Crippen LogP contribution in [0.25, 0.3) is 0 Å². The molecule has 6 rings (SSSR count). The minimum atomic E-state index is -1.75. The first-order valence-electron chi connectivity index (χ1n) is 21.3. The monoisotopic (exact) mass is 1020 g/mol. The summed E-state index contributed by atoms with van der Waals surface area (Å²) in [5, 5.41) is 115. The number of aliphatic hydroxyl groups excluding tert-OH is 11. The summed E-state index contributed by atoms with van der Waals surface area (Å²) < 4.78 is 56.1. The second kappa shape index (κ2) is 34.3. The van der Waals surface area contributed by atoms with Gasteiger partial charge in [-0.2, -0.15) is 0 Å². The Morgan fingerprint density at radius 2 is 1.30 bits per heavy atom. The zero-order valence-electron chi connectivity index (χ0n) is 39.3. The molecule has 412 valence electrons. The van der Waals surface area contributed by atoms with Gasteiger partial charge in [-0.15, -0.1) is 0 Å². The van der Waals surface area contributed by atoms with E-state index in [-0.39, 0.29) is 67.8 Å². The van der Waals surface area contributed by atoms with Gasteiger partial charge in [-0.1, -0.05) is 6.61 Å². The van der Waals surface area contributed by atoms with Crippen LogP contribution in [0, 0.1) is 0 Å². The largest absolute Gasteiger partial charge is 2.00 e. The van der Waals surface area contributed by atoms with Crippen LogP contribution in [0.5, 0.6) is 0 Å². The number of esters is 1. The first-order chi connectivity index (χ1) is 31.1. The third kappa shape index (κ3) is 21.1. The van der Waals surface area contributed by atoms with E-state index in [4.69, 9.17) is 68.2 Å². The summed E-state index contributed by atoms with van der Waals surface area (Å²) in [5.74, 6) is -3.48. The van der Waals surface area contributed by atoms with E-state index in [0.29, 0.717) is 26.1 Å². The van der Waals surface area contributed by atoms with Gasteiger partial charge in [-0.25, -0.2) is 0 Å². The standard InChI is InChI=1S/C18H27O13.C8H14O5.C6H12O4.C6H12O3.C2H6O.2H2O.O/c1-6(20)18(2)27-5-8-14(31-18)9(22)12(25)17(28-8)30-15-10(23)11(24)16(26-3)29-13(15)7(21)4-19;1-5(9)13-4-7-8(11)6(10)2-3-12-7;7-2-4-1-5(8)6(9)3-10-4;7-3-6-2-1-5(8)4-9-6;1-3-2;;;/h8-17,22-25H,4-5H2,1-3H3;6-8,10-11H,2-4H2,1H3;4-9H,1-3H2;5-8H,1-4H2;1-2H3;2*1H2;/q-1;;;;;;;-2/t8?,9-,10-,11?,12?,13?,14+,15+,16+,17-,18?;6-,7?,8-;4?,5-,6?;;;;;/m001...../s1. The summed E-state index contributed by atoms with van der Waals surface area (Å²) in [6, 6.07) is 0. The number of ether oxygens (including phenoxy) is 11. The van der Waals surface area contributed by atoms with Crippen molar-refractivity contribution >= 4 is 17.5 Å². The minimum absolute atomic E-state index is 0. The van der Waals surface area contributed by atoms with E-state index in [1.165, 1.54) is 27.9 Å². The molecule has 0 radical (unpaired) electrons. The molecule has 0 aromatic heterocycles. The third-order valence-corrected chi connectivity index (χ3v) is 10.9. The van der Waals surface area contributed by atoms with Crippen LogP contribution in [0.3, 0.4) is 0 Å². The highest BCUT2D eigenvalue weighted by atomic mass is 16.8. The molecule has 15 N–H and O–H groups in total. The highest BCUT2D eigenvalue weighted by Gasteiger charge is 2.56. The molecule has 6 aliphatic heterocycles. The molecule has 0 aromatic carbocycles. The van der Waals surface area contributed by atoms with Crippen LogP contribution in [-0.4, -0.2) is 275 Å². The molecule has 29 heteroatoms. The van der Waals surface area contributed by atoms with E-state index in [2.05, 4.69) is 9.47 Å². The first-order valence-corrected chi connectivity index (χ1v) is 21.3. The number of hydrogen-bond donors (Lipinski definition) is 11. The van der Waals surface area contributed by atoms with Gasteiger partial charge in [0.05, 0.1) is 63.6 Å². The quantitative estimate of drug-likeness (QED) is 0.0905. The molecule has 6 saturated heterocycles. The van der Waals surface area contributed by atoms with Gasteiger partial charge in [-0.05, 0) is 26.2 Å². The number of aliphatic hydroxyl groups is 11. The molecule has 10 unspecified atom stereocenters. The van der Waals surface area contributed by atoms with Gasteiger partial charge in [0, 0.05) is 48.2 Å². The molecule has 0 aromatic rings. The van der Waals surface area contributed by atoms with Crippen molar-refractivity contribution in [2.45, 2.75) is 162 Å². The Morgan fingerprint density at radius 3 is 1.81 bits per heavy atom. The molecular weight excluding hydrogens is 944 g/mol. The highest BCUT2D eigenvalue weighted by Crippen LogP contribution is 2.35. The fourth-order valence-corrected chi connectivity index (χ4v) is 6.80. The van der Waals surface area contributed by atoms with Crippen molar-refractivity contribution < 1.29 is 144 Å². The van der Waals surface area contributed by atoms with Crippen molar-refractivity contribution in [3.05, 3.63) is 0 Å². The summed E-state index contributed by atoms with van der Waals surface area (Å²) in [4.78, 5) is 34.3. The Kier molecular flexibility index (Phi) is 34.2. The molecule has 0 spiro atoms.